The van der Waals surface area contributed by atoms with Crippen molar-refractivity contribution < 1.29 is 9.52 Å². The SMILES string of the molecule is CC(C)(C)C(O)CCc1occc1Br. The molecule has 0 radical (unpaired) electrons. The molecule has 0 amide bonds. The predicted octanol–water partition coefficient (Wildman–Crippen LogP) is 3.38. The van der Waals surface area contributed by atoms with Crippen LogP contribution in [0.3, 0.4) is 0 Å². The lowest BCUT2D eigenvalue weighted by atomic mass is 9.86. The highest BCUT2D eigenvalue weighted by atomic mass is 79.9. The van der Waals surface area contributed by atoms with Gasteiger partial charge in [0.25, 0.3) is 0 Å². The molecule has 0 aliphatic carbocycles. The molecule has 0 spiro atoms. The Hall–Kier alpha value is -0.280. The summed E-state index contributed by atoms with van der Waals surface area (Å²) in [6.07, 6.45) is 2.87. The van der Waals surface area contributed by atoms with E-state index < -0.39 is 0 Å². The normalized spacial score (nSPS) is 14.4. The van der Waals surface area contributed by atoms with Crippen LogP contribution in [0.1, 0.15) is 33.0 Å². The molecule has 1 atom stereocenters. The van der Waals surface area contributed by atoms with Crippen LogP contribution in [0.4, 0.5) is 0 Å². The van der Waals surface area contributed by atoms with Crippen LogP contribution in [0.2, 0.25) is 0 Å². The van der Waals surface area contributed by atoms with Gasteiger partial charge in [0.15, 0.2) is 0 Å². The summed E-state index contributed by atoms with van der Waals surface area (Å²) in [4.78, 5) is 0. The minimum atomic E-state index is -0.292. The molecule has 0 saturated carbocycles. The van der Waals surface area contributed by atoms with Gasteiger partial charge in [-0.2, -0.15) is 0 Å². The molecule has 1 rings (SSSR count). The highest BCUT2D eigenvalue weighted by molar-refractivity contribution is 9.10. The number of aliphatic hydroxyl groups excluding tert-OH is 1. The van der Waals surface area contributed by atoms with Crippen LogP contribution in [0.25, 0.3) is 0 Å². The van der Waals surface area contributed by atoms with Gasteiger partial charge in [-0.3, -0.25) is 0 Å². The second-order valence-corrected chi connectivity index (χ2v) is 5.47. The van der Waals surface area contributed by atoms with Gasteiger partial charge in [-0.1, -0.05) is 20.8 Å². The molecule has 1 heterocycles. The molecule has 0 bridgehead atoms. The van der Waals surface area contributed by atoms with Gasteiger partial charge in [0.2, 0.25) is 0 Å². The first-order chi connectivity index (χ1) is 6.41. The fourth-order valence-electron chi connectivity index (χ4n) is 1.20. The van der Waals surface area contributed by atoms with Crippen molar-refractivity contribution in [2.45, 2.75) is 39.7 Å². The van der Waals surface area contributed by atoms with Crippen LogP contribution >= 0.6 is 15.9 Å². The van der Waals surface area contributed by atoms with Crippen molar-refractivity contribution in [1.82, 2.24) is 0 Å². The zero-order valence-corrected chi connectivity index (χ0v) is 10.5. The summed E-state index contributed by atoms with van der Waals surface area (Å²) in [7, 11) is 0. The molecule has 3 heteroatoms. The van der Waals surface area contributed by atoms with E-state index in [2.05, 4.69) is 15.9 Å². The zero-order chi connectivity index (χ0) is 10.8. The summed E-state index contributed by atoms with van der Waals surface area (Å²) in [5, 5.41) is 9.82. The number of rotatable bonds is 3. The van der Waals surface area contributed by atoms with Gasteiger partial charge in [0, 0.05) is 6.42 Å². The number of hydrogen-bond acceptors (Lipinski definition) is 2. The lowest BCUT2D eigenvalue weighted by molar-refractivity contribution is 0.0548. The Morgan fingerprint density at radius 1 is 1.50 bits per heavy atom. The highest BCUT2D eigenvalue weighted by Crippen LogP contribution is 2.25. The number of hydrogen-bond donors (Lipinski definition) is 1. The quantitative estimate of drug-likeness (QED) is 0.904. The summed E-state index contributed by atoms with van der Waals surface area (Å²) in [6, 6.07) is 1.87. The van der Waals surface area contributed by atoms with Gasteiger partial charge in [0.1, 0.15) is 5.76 Å². The molecule has 1 aromatic heterocycles. The molecular weight excluding hydrogens is 244 g/mol. The largest absolute Gasteiger partial charge is 0.468 e. The third-order valence-corrected chi connectivity index (χ3v) is 3.04. The number of aliphatic hydroxyl groups is 1. The molecule has 0 saturated heterocycles. The van der Waals surface area contributed by atoms with Crippen LogP contribution in [-0.2, 0) is 6.42 Å². The van der Waals surface area contributed by atoms with E-state index in [1.807, 2.05) is 26.8 Å². The smallest absolute Gasteiger partial charge is 0.118 e. The summed E-state index contributed by atoms with van der Waals surface area (Å²) in [6.45, 7) is 6.11. The molecule has 14 heavy (non-hydrogen) atoms. The number of furan rings is 1. The van der Waals surface area contributed by atoms with Crippen molar-refractivity contribution in [2.75, 3.05) is 0 Å². The third kappa shape index (κ3) is 3.14. The molecule has 0 aliphatic rings. The Balaban J connectivity index is 2.46. The highest BCUT2D eigenvalue weighted by Gasteiger charge is 2.22. The molecule has 2 nitrogen and oxygen atoms in total. The Morgan fingerprint density at radius 2 is 2.14 bits per heavy atom. The Morgan fingerprint density at radius 3 is 2.57 bits per heavy atom. The molecule has 1 unspecified atom stereocenters. The molecule has 1 aromatic rings. The second-order valence-electron chi connectivity index (χ2n) is 4.61. The lowest BCUT2D eigenvalue weighted by Gasteiger charge is -2.25. The van der Waals surface area contributed by atoms with Gasteiger partial charge in [-0.05, 0) is 33.8 Å². The van der Waals surface area contributed by atoms with E-state index in [1.54, 1.807) is 6.26 Å². The first-order valence-corrected chi connectivity index (χ1v) is 5.60. The second kappa shape index (κ2) is 4.49. The summed E-state index contributed by atoms with van der Waals surface area (Å²) in [5.41, 5.74) is -0.0565. The first kappa shape index (κ1) is 11.8. The van der Waals surface area contributed by atoms with E-state index in [1.165, 1.54) is 0 Å². The fourth-order valence-corrected chi connectivity index (χ4v) is 1.60. The van der Waals surface area contributed by atoms with Gasteiger partial charge in [-0.25, -0.2) is 0 Å². The number of aryl methyl sites for hydroxylation is 1. The van der Waals surface area contributed by atoms with Gasteiger partial charge >= 0.3 is 0 Å². The van der Waals surface area contributed by atoms with Crippen molar-refractivity contribution in [2.24, 2.45) is 5.41 Å². The van der Waals surface area contributed by atoms with Crippen molar-refractivity contribution in [3.05, 3.63) is 22.6 Å². The Labute approximate surface area is 93.4 Å². The topological polar surface area (TPSA) is 33.4 Å². The molecular formula is C11H17BrO2. The predicted molar refractivity (Wildman–Crippen MR) is 60.2 cm³/mol. The lowest BCUT2D eigenvalue weighted by Crippen LogP contribution is -2.26. The maximum atomic E-state index is 9.82. The van der Waals surface area contributed by atoms with Gasteiger partial charge in [0.05, 0.1) is 16.8 Å². The minimum absolute atomic E-state index is 0.0565. The van der Waals surface area contributed by atoms with Crippen LogP contribution < -0.4 is 0 Å². The standard InChI is InChI=1S/C11H17BrO2/c1-11(2,3)10(13)5-4-9-8(12)6-7-14-9/h6-7,10,13H,4-5H2,1-3H3. The number of halogens is 1. The summed E-state index contributed by atoms with van der Waals surface area (Å²) < 4.78 is 6.25. The summed E-state index contributed by atoms with van der Waals surface area (Å²) >= 11 is 3.39. The van der Waals surface area contributed by atoms with Crippen LogP contribution in [-0.4, -0.2) is 11.2 Å². The van der Waals surface area contributed by atoms with E-state index in [-0.39, 0.29) is 11.5 Å². The van der Waals surface area contributed by atoms with E-state index in [9.17, 15) is 5.11 Å². The third-order valence-electron chi connectivity index (χ3n) is 2.34. The molecule has 0 aromatic carbocycles. The maximum absolute atomic E-state index is 9.82. The van der Waals surface area contributed by atoms with Gasteiger partial charge < -0.3 is 9.52 Å². The Kier molecular flexibility index (Phi) is 3.78. The van der Waals surface area contributed by atoms with Gasteiger partial charge in [-0.15, -0.1) is 0 Å². The molecule has 0 aliphatic heterocycles. The van der Waals surface area contributed by atoms with E-state index >= 15 is 0 Å². The average Bonchev–Trinajstić information content (AvgIpc) is 2.45. The van der Waals surface area contributed by atoms with Crippen molar-refractivity contribution in [3.8, 4) is 0 Å². The van der Waals surface area contributed by atoms with Crippen molar-refractivity contribution in [1.29, 1.82) is 0 Å². The van der Waals surface area contributed by atoms with Crippen molar-refractivity contribution >= 4 is 15.9 Å². The van der Waals surface area contributed by atoms with Crippen molar-refractivity contribution in [3.63, 3.8) is 0 Å². The van der Waals surface area contributed by atoms with Crippen LogP contribution in [0.15, 0.2) is 21.2 Å². The van der Waals surface area contributed by atoms with E-state index in [4.69, 9.17) is 4.42 Å². The van der Waals surface area contributed by atoms with Crippen LogP contribution in [0.5, 0.6) is 0 Å². The molecule has 80 valence electrons. The van der Waals surface area contributed by atoms with Crippen LogP contribution in [0, 0.1) is 5.41 Å². The monoisotopic (exact) mass is 260 g/mol. The fraction of sp³-hybridized carbons (Fsp3) is 0.636. The first-order valence-electron chi connectivity index (χ1n) is 4.81. The van der Waals surface area contributed by atoms with E-state index in [0.717, 1.165) is 23.1 Å². The minimum Gasteiger partial charge on any atom is -0.468 e. The molecule has 0 fully saturated rings. The average molecular weight is 261 g/mol. The van der Waals surface area contributed by atoms with E-state index in [0.29, 0.717) is 0 Å². The zero-order valence-electron chi connectivity index (χ0n) is 8.88. The summed E-state index contributed by atoms with van der Waals surface area (Å²) in [5.74, 6) is 0.910. The molecule has 1 N–H and O–H groups in total. The Bertz CT molecular complexity index is 286. The maximum Gasteiger partial charge on any atom is 0.118 e.